The smallest absolute Gasteiger partial charge is 0.137 e. The van der Waals surface area contributed by atoms with Crippen LogP contribution in [-0.2, 0) is 0 Å². The molecule has 2 saturated heterocycles. The van der Waals surface area contributed by atoms with Crippen LogP contribution in [-0.4, -0.2) is 47.6 Å². The molecular formula is C18H26N4. The van der Waals surface area contributed by atoms with Crippen LogP contribution in [0.2, 0.25) is 0 Å². The highest BCUT2D eigenvalue weighted by Gasteiger charge is 2.25. The van der Waals surface area contributed by atoms with Crippen LogP contribution in [0.1, 0.15) is 37.2 Å². The average molecular weight is 298 g/mol. The minimum atomic E-state index is 0.697. The number of aromatic nitrogens is 2. The number of hydrogen-bond donors (Lipinski definition) is 2. The van der Waals surface area contributed by atoms with Gasteiger partial charge in [-0.2, -0.15) is 0 Å². The maximum atomic E-state index is 4.42. The van der Waals surface area contributed by atoms with E-state index in [1.807, 2.05) is 12.3 Å². The molecule has 4 rings (SSSR count). The summed E-state index contributed by atoms with van der Waals surface area (Å²) >= 11 is 0. The van der Waals surface area contributed by atoms with Gasteiger partial charge in [0.2, 0.25) is 0 Å². The van der Waals surface area contributed by atoms with Gasteiger partial charge in [0.25, 0.3) is 0 Å². The molecule has 0 aromatic carbocycles. The molecule has 4 nitrogen and oxygen atoms in total. The van der Waals surface area contributed by atoms with E-state index in [9.17, 15) is 0 Å². The van der Waals surface area contributed by atoms with Crippen LogP contribution in [0, 0.1) is 5.92 Å². The Bertz CT molecular complexity index is 606. The number of nitrogens with one attached hydrogen (secondary N) is 2. The molecule has 0 atom stereocenters. The topological polar surface area (TPSA) is 44.0 Å². The number of fused-ring (bicyclic) bond motifs is 1. The van der Waals surface area contributed by atoms with Gasteiger partial charge < -0.3 is 15.2 Å². The molecule has 0 radical (unpaired) electrons. The molecule has 2 fully saturated rings. The van der Waals surface area contributed by atoms with E-state index in [2.05, 4.69) is 32.4 Å². The molecule has 2 N–H and O–H groups in total. The summed E-state index contributed by atoms with van der Waals surface area (Å²) in [6.07, 6.45) is 9.33. The molecule has 0 bridgehead atoms. The first-order valence-corrected chi connectivity index (χ1v) is 8.75. The lowest BCUT2D eigenvalue weighted by atomic mass is 9.88. The molecule has 0 amide bonds. The predicted octanol–water partition coefficient (Wildman–Crippen LogP) is 2.74. The Balaban J connectivity index is 1.37. The van der Waals surface area contributed by atoms with Crippen molar-refractivity contribution in [3.8, 4) is 0 Å². The van der Waals surface area contributed by atoms with Gasteiger partial charge in [0.05, 0.1) is 0 Å². The number of hydrogen-bond acceptors (Lipinski definition) is 3. The summed E-state index contributed by atoms with van der Waals surface area (Å²) < 4.78 is 0. The molecule has 0 spiro atoms. The predicted molar refractivity (Wildman–Crippen MR) is 90.1 cm³/mol. The van der Waals surface area contributed by atoms with Gasteiger partial charge in [-0.25, -0.2) is 4.98 Å². The fourth-order valence-corrected chi connectivity index (χ4v) is 4.17. The second-order valence-corrected chi connectivity index (χ2v) is 6.91. The van der Waals surface area contributed by atoms with E-state index in [-0.39, 0.29) is 0 Å². The maximum absolute atomic E-state index is 4.42. The van der Waals surface area contributed by atoms with Crippen LogP contribution in [0.25, 0.3) is 11.0 Å². The summed E-state index contributed by atoms with van der Waals surface area (Å²) in [7, 11) is 0. The third kappa shape index (κ3) is 2.90. The number of piperidine rings is 2. The summed E-state index contributed by atoms with van der Waals surface area (Å²) in [5.74, 6) is 1.61. The first-order chi connectivity index (χ1) is 10.9. The average Bonchev–Trinajstić information content (AvgIpc) is 3.01. The van der Waals surface area contributed by atoms with Crippen molar-refractivity contribution in [2.75, 3.05) is 32.7 Å². The zero-order valence-electron chi connectivity index (χ0n) is 13.2. The van der Waals surface area contributed by atoms with Crippen LogP contribution in [0.3, 0.4) is 0 Å². The normalized spacial score (nSPS) is 22.4. The number of likely N-dealkylation sites (tertiary alicyclic amines) is 1. The Hall–Kier alpha value is -1.39. The van der Waals surface area contributed by atoms with Crippen molar-refractivity contribution in [2.45, 2.75) is 31.6 Å². The molecule has 118 valence electrons. The molecule has 2 aromatic heterocycles. The molecule has 4 heteroatoms. The molecule has 4 heterocycles. The highest BCUT2D eigenvalue weighted by molar-refractivity contribution is 5.80. The number of aromatic amines is 1. The number of rotatable bonds is 3. The second-order valence-electron chi connectivity index (χ2n) is 6.91. The van der Waals surface area contributed by atoms with Crippen LogP contribution >= 0.6 is 0 Å². The van der Waals surface area contributed by atoms with E-state index < -0.39 is 0 Å². The zero-order chi connectivity index (χ0) is 14.8. The van der Waals surface area contributed by atoms with Crippen LogP contribution in [0.4, 0.5) is 0 Å². The summed E-state index contributed by atoms with van der Waals surface area (Å²) in [4.78, 5) is 10.4. The molecule has 2 aliphatic rings. The lowest BCUT2D eigenvalue weighted by Gasteiger charge is -2.35. The van der Waals surface area contributed by atoms with Crippen LogP contribution < -0.4 is 5.32 Å². The largest absolute Gasteiger partial charge is 0.346 e. The highest BCUT2D eigenvalue weighted by Crippen LogP contribution is 2.33. The quantitative estimate of drug-likeness (QED) is 0.916. The Morgan fingerprint density at radius 2 is 1.95 bits per heavy atom. The van der Waals surface area contributed by atoms with E-state index >= 15 is 0 Å². The van der Waals surface area contributed by atoms with Gasteiger partial charge in [-0.1, -0.05) is 0 Å². The Morgan fingerprint density at radius 3 is 2.77 bits per heavy atom. The van der Waals surface area contributed by atoms with Crippen molar-refractivity contribution in [2.24, 2.45) is 5.92 Å². The molecule has 2 aromatic rings. The standard InChI is InChI=1S/C18H26N4/c1-2-16-17(12-21-18(16)20-7-1)15-5-10-22(11-6-15)13-14-3-8-19-9-4-14/h1-2,7,12,14-15,19H,3-6,8-11,13H2,(H,20,21). The SMILES string of the molecule is c1cnc2[nH]cc(C3CCN(CC4CCNCC4)CC3)c2c1. The van der Waals surface area contributed by atoms with Crippen LogP contribution in [0.5, 0.6) is 0 Å². The van der Waals surface area contributed by atoms with Gasteiger partial charge in [0.15, 0.2) is 0 Å². The first kappa shape index (κ1) is 14.2. The van der Waals surface area contributed by atoms with Crippen LogP contribution in [0.15, 0.2) is 24.5 Å². The van der Waals surface area contributed by atoms with E-state index in [1.54, 1.807) is 0 Å². The Kier molecular flexibility index (Phi) is 4.13. The fourth-order valence-electron chi connectivity index (χ4n) is 4.17. The fraction of sp³-hybridized carbons (Fsp3) is 0.611. The Labute approximate surface area is 132 Å². The van der Waals surface area contributed by atoms with E-state index in [4.69, 9.17) is 0 Å². The third-order valence-electron chi connectivity index (χ3n) is 5.49. The molecule has 0 aliphatic carbocycles. The van der Waals surface area contributed by atoms with Gasteiger partial charge >= 0.3 is 0 Å². The summed E-state index contributed by atoms with van der Waals surface area (Å²) in [5, 5.41) is 4.79. The van der Waals surface area contributed by atoms with E-state index in [1.165, 1.54) is 69.4 Å². The van der Waals surface area contributed by atoms with Crippen molar-refractivity contribution >= 4 is 11.0 Å². The summed E-state index contributed by atoms with van der Waals surface area (Å²) in [5.41, 5.74) is 2.51. The van der Waals surface area contributed by atoms with Gasteiger partial charge in [-0.15, -0.1) is 0 Å². The molecular weight excluding hydrogens is 272 g/mol. The maximum Gasteiger partial charge on any atom is 0.137 e. The minimum Gasteiger partial charge on any atom is -0.346 e. The van der Waals surface area contributed by atoms with E-state index in [0.29, 0.717) is 5.92 Å². The van der Waals surface area contributed by atoms with Gasteiger partial charge in [0, 0.05) is 24.3 Å². The molecule has 0 unspecified atom stereocenters. The van der Waals surface area contributed by atoms with E-state index in [0.717, 1.165) is 11.6 Å². The number of pyridine rings is 1. The molecule has 0 saturated carbocycles. The Morgan fingerprint density at radius 1 is 1.14 bits per heavy atom. The van der Waals surface area contributed by atoms with Crippen molar-refractivity contribution in [3.63, 3.8) is 0 Å². The zero-order valence-corrected chi connectivity index (χ0v) is 13.2. The summed E-state index contributed by atoms with van der Waals surface area (Å²) in [6, 6.07) is 4.25. The molecule has 2 aliphatic heterocycles. The minimum absolute atomic E-state index is 0.697. The van der Waals surface area contributed by atoms with Crippen molar-refractivity contribution < 1.29 is 0 Å². The van der Waals surface area contributed by atoms with Gasteiger partial charge in [-0.3, -0.25) is 0 Å². The lowest BCUT2D eigenvalue weighted by Crippen LogP contribution is -2.39. The monoisotopic (exact) mass is 298 g/mol. The van der Waals surface area contributed by atoms with Crippen molar-refractivity contribution in [3.05, 3.63) is 30.1 Å². The van der Waals surface area contributed by atoms with Gasteiger partial charge in [-0.05, 0) is 81.4 Å². The second kappa shape index (κ2) is 6.39. The van der Waals surface area contributed by atoms with Crippen molar-refractivity contribution in [1.82, 2.24) is 20.2 Å². The highest BCUT2D eigenvalue weighted by atomic mass is 15.1. The third-order valence-corrected chi connectivity index (χ3v) is 5.49. The summed E-state index contributed by atoms with van der Waals surface area (Å²) in [6.45, 7) is 6.24. The first-order valence-electron chi connectivity index (χ1n) is 8.75. The number of nitrogens with zero attached hydrogens (tertiary/aromatic N) is 2. The van der Waals surface area contributed by atoms with Gasteiger partial charge in [0.1, 0.15) is 5.65 Å². The lowest BCUT2D eigenvalue weighted by molar-refractivity contribution is 0.167. The van der Waals surface area contributed by atoms with Crippen molar-refractivity contribution in [1.29, 1.82) is 0 Å². The number of H-pyrrole nitrogens is 1. The molecule has 22 heavy (non-hydrogen) atoms.